The van der Waals surface area contributed by atoms with Gasteiger partial charge in [-0.1, -0.05) is 0 Å². The van der Waals surface area contributed by atoms with E-state index in [1.807, 2.05) is 0 Å². The zero-order chi connectivity index (χ0) is 11.4. The Balaban J connectivity index is 1.62. The summed E-state index contributed by atoms with van der Waals surface area (Å²) in [6, 6.07) is 0.0586. The van der Waals surface area contributed by atoms with Gasteiger partial charge in [0, 0.05) is 24.2 Å². The van der Waals surface area contributed by atoms with Crippen molar-refractivity contribution >= 4 is 17.7 Å². The molecule has 1 heterocycles. The summed E-state index contributed by atoms with van der Waals surface area (Å²) < 4.78 is 5.50. The lowest BCUT2D eigenvalue weighted by Crippen LogP contribution is -2.40. The minimum atomic E-state index is -0.730. The number of carboxylic acids is 1. The Bertz CT molecular complexity index is 239. The second-order valence-corrected chi connectivity index (χ2v) is 5.58. The highest BCUT2D eigenvalue weighted by Gasteiger charge is 2.28. The van der Waals surface area contributed by atoms with Crippen molar-refractivity contribution in [1.82, 2.24) is 5.32 Å². The smallest absolute Gasteiger partial charge is 0.321 e. The first-order valence-electron chi connectivity index (χ1n) is 5.94. The molecular formula is C11H19NO3S. The molecule has 2 rings (SSSR count). The fourth-order valence-electron chi connectivity index (χ4n) is 1.82. The number of ether oxygens (including phenoxy) is 1. The average Bonchev–Trinajstić information content (AvgIpc) is 2.91. The standard InChI is InChI=1S/C11H19NO3S/c13-11(14)10(12-8-3-4-8)7-16-6-9-2-1-5-15-9/h8-10,12H,1-7H2,(H,13,14). The second kappa shape index (κ2) is 5.89. The van der Waals surface area contributed by atoms with Gasteiger partial charge in [-0.3, -0.25) is 4.79 Å². The fourth-order valence-corrected chi connectivity index (χ4v) is 2.95. The van der Waals surface area contributed by atoms with Crippen molar-refractivity contribution in [1.29, 1.82) is 0 Å². The molecule has 0 spiro atoms. The first-order valence-corrected chi connectivity index (χ1v) is 7.09. The molecule has 2 atom stereocenters. The second-order valence-electron chi connectivity index (χ2n) is 4.50. The van der Waals surface area contributed by atoms with Crippen molar-refractivity contribution in [2.75, 3.05) is 18.1 Å². The molecule has 1 saturated heterocycles. The molecule has 5 heteroatoms. The van der Waals surface area contributed by atoms with Gasteiger partial charge in [-0.2, -0.15) is 11.8 Å². The van der Waals surface area contributed by atoms with E-state index in [1.165, 1.54) is 0 Å². The number of hydrogen-bond acceptors (Lipinski definition) is 4. The van der Waals surface area contributed by atoms with Crippen LogP contribution in [0.5, 0.6) is 0 Å². The normalized spacial score (nSPS) is 26.9. The van der Waals surface area contributed by atoms with E-state index in [0.29, 0.717) is 17.9 Å². The Labute approximate surface area is 100 Å². The minimum Gasteiger partial charge on any atom is -0.480 e. The van der Waals surface area contributed by atoms with E-state index < -0.39 is 5.97 Å². The molecule has 92 valence electrons. The Hall–Kier alpha value is -0.260. The van der Waals surface area contributed by atoms with Crippen LogP contribution in [0.2, 0.25) is 0 Å². The topological polar surface area (TPSA) is 58.6 Å². The van der Waals surface area contributed by atoms with Gasteiger partial charge in [0.15, 0.2) is 0 Å². The summed E-state index contributed by atoms with van der Waals surface area (Å²) in [5, 5.41) is 12.2. The molecule has 2 aliphatic rings. The Kier molecular flexibility index (Phi) is 4.49. The predicted molar refractivity (Wildman–Crippen MR) is 63.9 cm³/mol. The minimum absolute atomic E-state index is 0.348. The SMILES string of the molecule is O=C(O)C(CSCC1CCCO1)NC1CC1. The number of aliphatic carboxylic acids is 1. The molecule has 0 bridgehead atoms. The molecule has 16 heavy (non-hydrogen) atoms. The summed E-state index contributed by atoms with van der Waals surface area (Å²) in [7, 11) is 0. The Morgan fingerprint density at radius 1 is 1.50 bits per heavy atom. The predicted octanol–water partition coefficient (Wildman–Crippen LogP) is 1.10. The number of rotatable bonds is 7. The molecule has 2 fully saturated rings. The first-order chi connectivity index (χ1) is 7.75. The maximum atomic E-state index is 11.0. The van der Waals surface area contributed by atoms with Gasteiger partial charge in [0.05, 0.1) is 6.10 Å². The monoisotopic (exact) mass is 245 g/mol. The quantitative estimate of drug-likeness (QED) is 0.703. The summed E-state index contributed by atoms with van der Waals surface area (Å²) in [4.78, 5) is 11.0. The van der Waals surface area contributed by atoms with Crippen LogP contribution in [0.15, 0.2) is 0 Å². The first kappa shape index (κ1) is 12.2. The molecule has 0 amide bonds. The average molecular weight is 245 g/mol. The highest BCUT2D eigenvalue weighted by atomic mass is 32.2. The zero-order valence-corrected chi connectivity index (χ0v) is 10.2. The van der Waals surface area contributed by atoms with E-state index in [9.17, 15) is 4.79 Å². The third-order valence-corrected chi connectivity index (χ3v) is 4.10. The molecule has 4 nitrogen and oxygen atoms in total. The third kappa shape index (κ3) is 3.96. The van der Waals surface area contributed by atoms with Crippen molar-refractivity contribution in [2.24, 2.45) is 0 Å². The maximum absolute atomic E-state index is 11.0. The highest BCUT2D eigenvalue weighted by Crippen LogP contribution is 2.21. The summed E-state index contributed by atoms with van der Waals surface area (Å²) in [5.41, 5.74) is 0. The lowest BCUT2D eigenvalue weighted by molar-refractivity contribution is -0.138. The molecule has 0 aromatic heterocycles. The van der Waals surface area contributed by atoms with Gasteiger partial charge in [-0.05, 0) is 25.7 Å². The van der Waals surface area contributed by atoms with Crippen LogP contribution >= 0.6 is 11.8 Å². The molecule has 2 N–H and O–H groups in total. The summed E-state index contributed by atoms with van der Waals surface area (Å²) >= 11 is 1.69. The van der Waals surface area contributed by atoms with Gasteiger partial charge in [-0.15, -0.1) is 0 Å². The van der Waals surface area contributed by atoms with E-state index in [2.05, 4.69) is 5.32 Å². The number of thioether (sulfide) groups is 1. The van der Waals surface area contributed by atoms with Gasteiger partial charge >= 0.3 is 5.97 Å². The molecular weight excluding hydrogens is 226 g/mol. The summed E-state index contributed by atoms with van der Waals surface area (Å²) in [6.45, 7) is 0.869. The van der Waals surface area contributed by atoms with E-state index >= 15 is 0 Å². The lowest BCUT2D eigenvalue weighted by Gasteiger charge is -2.15. The molecule has 0 aromatic rings. The van der Waals surface area contributed by atoms with E-state index in [-0.39, 0.29) is 6.04 Å². The Morgan fingerprint density at radius 3 is 2.88 bits per heavy atom. The largest absolute Gasteiger partial charge is 0.480 e. The summed E-state index contributed by atoms with van der Waals surface area (Å²) in [5.74, 6) is 0.841. The Morgan fingerprint density at radius 2 is 2.31 bits per heavy atom. The van der Waals surface area contributed by atoms with Gasteiger partial charge in [0.2, 0.25) is 0 Å². The van der Waals surface area contributed by atoms with Crippen molar-refractivity contribution in [3.05, 3.63) is 0 Å². The number of carboxylic acid groups (broad SMARTS) is 1. The number of nitrogens with one attached hydrogen (secondary N) is 1. The van der Waals surface area contributed by atoms with E-state index in [4.69, 9.17) is 9.84 Å². The maximum Gasteiger partial charge on any atom is 0.321 e. The molecule has 0 aromatic carbocycles. The van der Waals surface area contributed by atoms with Crippen LogP contribution in [0.4, 0.5) is 0 Å². The molecule has 1 saturated carbocycles. The molecule has 1 aliphatic carbocycles. The zero-order valence-electron chi connectivity index (χ0n) is 9.35. The summed E-state index contributed by atoms with van der Waals surface area (Å²) in [6.07, 6.45) is 4.87. The van der Waals surface area contributed by atoms with Gasteiger partial charge in [0.25, 0.3) is 0 Å². The van der Waals surface area contributed by atoms with Crippen LogP contribution in [-0.2, 0) is 9.53 Å². The van der Waals surface area contributed by atoms with Gasteiger partial charge in [0.1, 0.15) is 6.04 Å². The number of carbonyl (C=O) groups is 1. The fraction of sp³-hybridized carbons (Fsp3) is 0.909. The van der Waals surface area contributed by atoms with Crippen LogP contribution in [0.3, 0.4) is 0 Å². The van der Waals surface area contributed by atoms with Crippen molar-refractivity contribution in [3.8, 4) is 0 Å². The molecule has 0 radical (unpaired) electrons. The highest BCUT2D eigenvalue weighted by molar-refractivity contribution is 7.99. The van der Waals surface area contributed by atoms with Gasteiger partial charge < -0.3 is 15.2 Å². The van der Waals surface area contributed by atoms with Crippen LogP contribution in [0.25, 0.3) is 0 Å². The van der Waals surface area contributed by atoms with Gasteiger partial charge in [-0.25, -0.2) is 0 Å². The van der Waals surface area contributed by atoms with Crippen LogP contribution < -0.4 is 5.32 Å². The number of hydrogen-bond donors (Lipinski definition) is 2. The van der Waals surface area contributed by atoms with Crippen molar-refractivity contribution < 1.29 is 14.6 Å². The lowest BCUT2D eigenvalue weighted by atomic mass is 10.3. The third-order valence-electron chi connectivity index (χ3n) is 2.92. The van der Waals surface area contributed by atoms with Crippen molar-refractivity contribution in [3.63, 3.8) is 0 Å². The molecule has 2 unspecified atom stereocenters. The van der Waals surface area contributed by atoms with E-state index in [0.717, 1.165) is 38.0 Å². The molecule has 1 aliphatic heterocycles. The van der Waals surface area contributed by atoms with Crippen LogP contribution in [0, 0.1) is 0 Å². The van der Waals surface area contributed by atoms with Crippen molar-refractivity contribution in [2.45, 2.75) is 43.9 Å². The van der Waals surface area contributed by atoms with Crippen LogP contribution in [-0.4, -0.2) is 47.4 Å². The van der Waals surface area contributed by atoms with E-state index in [1.54, 1.807) is 11.8 Å². The van der Waals surface area contributed by atoms with Crippen LogP contribution in [0.1, 0.15) is 25.7 Å².